The zero-order valence-electron chi connectivity index (χ0n) is 16.6. The highest BCUT2D eigenvalue weighted by Crippen LogP contribution is 2.36. The van der Waals surface area contributed by atoms with Crippen LogP contribution in [0.15, 0.2) is 60.9 Å². The van der Waals surface area contributed by atoms with Crippen LogP contribution in [-0.4, -0.2) is 20.4 Å². The average Bonchev–Trinajstić information content (AvgIpc) is 3.36. The van der Waals surface area contributed by atoms with Gasteiger partial charge in [0.15, 0.2) is 5.82 Å². The number of carbonyl (C=O) groups excluding carboxylic acids is 1. The molecule has 0 saturated heterocycles. The molecule has 6 heteroatoms. The minimum Gasteiger partial charge on any atom is -0.382 e. The molecule has 2 aromatic carbocycles. The lowest BCUT2D eigenvalue weighted by Crippen LogP contribution is -2.12. The molecular formula is C24H23N5O. The summed E-state index contributed by atoms with van der Waals surface area (Å²) >= 11 is 0. The number of aromatic nitrogens is 3. The van der Waals surface area contributed by atoms with E-state index < -0.39 is 0 Å². The molecule has 0 fully saturated rings. The van der Waals surface area contributed by atoms with Crippen molar-refractivity contribution in [1.29, 1.82) is 0 Å². The fraction of sp³-hybridized carbons (Fsp3) is 0.208. The van der Waals surface area contributed by atoms with Crippen molar-refractivity contribution in [1.82, 2.24) is 14.5 Å². The number of aryl methyl sites for hydroxylation is 2. The van der Waals surface area contributed by atoms with E-state index in [-0.39, 0.29) is 5.91 Å². The Morgan fingerprint density at radius 3 is 2.63 bits per heavy atom. The number of nitrogen functional groups attached to an aromatic ring is 1. The third-order valence-electron chi connectivity index (χ3n) is 5.71. The molecule has 0 aliphatic heterocycles. The monoisotopic (exact) mass is 397 g/mol. The Balaban J connectivity index is 1.37. The smallest absolute Gasteiger partial charge is 0.224 e. The highest BCUT2D eigenvalue weighted by atomic mass is 16.1. The van der Waals surface area contributed by atoms with Crippen LogP contribution in [0.2, 0.25) is 0 Å². The molecule has 0 unspecified atom stereocenters. The van der Waals surface area contributed by atoms with Crippen LogP contribution in [0.3, 0.4) is 0 Å². The van der Waals surface area contributed by atoms with Crippen LogP contribution in [0.25, 0.3) is 16.7 Å². The van der Waals surface area contributed by atoms with E-state index in [0.717, 1.165) is 53.7 Å². The van der Waals surface area contributed by atoms with E-state index in [1.807, 2.05) is 54.6 Å². The van der Waals surface area contributed by atoms with Crippen LogP contribution in [-0.2, 0) is 24.1 Å². The highest BCUT2D eigenvalue weighted by molar-refractivity contribution is 5.92. The maximum absolute atomic E-state index is 12.3. The lowest BCUT2D eigenvalue weighted by atomic mass is 10.1. The summed E-state index contributed by atoms with van der Waals surface area (Å²) in [5.74, 6) is 0.504. The van der Waals surface area contributed by atoms with Crippen molar-refractivity contribution in [3.63, 3.8) is 0 Å². The zero-order chi connectivity index (χ0) is 20.5. The summed E-state index contributed by atoms with van der Waals surface area (Å²) in [7, 11) is 0. The third kappa shape index (κ3) is 3.30. The first kappa shape index (κ1) is 18.4. The molecule has 6 nitrogen and oxygen atoms in total. The van der Waals surface area contributed by atoms with Crippen molar-refractivity contribution in [2.75, 3.05) is 11.1 Å². The SMILES string of the molecule is Nc1ncnc2c3c(n(-c4ccc(NC(=O)CCc5ccccc5)cc4)c12)CCC3. The molecule has 150 valence electrons. The Kier molecular flexibility index (Phi) is 4.67. The van der Waals surface area contributed by atoms with Gasteiger partial charge in [0.2, 0.25) is 5.91 Å². The van der Waals surface area contributed by atoms with Crippen molar-refractivity contribution in [2.24, 2.45) is 0 Å². The van der Waals surface area contributed by atoms with E-state index in [1.165, 1.54) is 17.6 Å². The van der Waals surface area contributed by atoms with Gasteiger partial charge in [0.25, 0.3) is 0 Å². The van der Waals surface area contributed by atoms with Gasteiger partial charge < -0.3 is 15.6 Å². The second-order valence-corrected chi connectivity index (χ2v) is 7.65. The van der Waals surface area contributed by atoms with Crippen molar-refractivity contribution in [3.8, 4) is 5.69 Å². The molecule has 0 radical (unpaired) electrons. The van der Waals surface area contributed by atoms with Crippen molar-refractivity contribution < 1.29 is 4.79 Å². The van der Waals surface area contributed by atoms with Gasteiger partial charge in [-0.3, -0.25) is 4.79 Å². The second-order valence-electron chi connectivity index (χ2n) is 7.65. The molecule has 1 aliphatic rings. The first-order valence-corrected chi connectivity index (χ1v) is 10.3. The summed E-state index contributed by atoms with van der Waals surface area (Å²) < 4.78 is 2.17. The van der Waals surface area contributed by atoms with Crippen molar-refractivity contribution in [2.45, 2.75) is 32.1 Å². The Morgan fingerprint density at radius 2 is 1.83 bits per heavy atom. The van der Waals surface area contributed by atoms with Crippen LogP contribution in [0, 0.1) is 0 Å². The minimum absolute atomic E-state index is 0.0107. The summed E-state index contributed by atoms with van der Waals surface area (Å²) in [6, 6.07) is 17.9. The Morgan fingerprint density at radius 1 is 1.03 bits per heavy atom. The molecule has 0 atom stereocenters. The number of fused-ring (bicyclic) bond motifs is 3. The van der Waals surface area contributed by atoms with Gasteiger partial charge in [-0.2, -0.15) is 0 Å². The lowest BCUT2D eigenvalue weighted by Gasteiger charge is -2.12. The van der Waals surface area contributed by atoms with E-state index in [2.05, 4.69) is 19.9 Å². The highest BCUT2D eigenvalue weighted by Gasteiger charge is 2.25. The molecule has 0 spiro atoms. The van der Waals surface area contributed by atoms with Gasteiger partial charge in [-0.05, 0) is 61.1 Å². The first-order chi connectivity index (χ1) is 14.7. The average molecular weight is 397 g/mol. The lowest BCUT2D eigenvalue weighted by molar-refractivity contribution is -0.116. The summed E-state index contributed by atoms with van der Waals surface area (Å²) in [6.07, 6.45) is 5.86. The van der Waals surface area contributed by atoms with Gasteiger partial charge in [0.05, 0.1) is 5.52 Å². The largest absolute Gasteiger partial charge is 0.382 e. The zero-order valence-corrected chi connectivity index (χ0v) is 16.6. The van der Waals surface area contributed by atoms with Gasteiger partial charge in [0.1, 0.15) is 11.8 Å². The van der Waals surface area contributed by atoms with E-state index in [0.29, 0.717) is 12.2 Å². The van der Waals surface area contributed by atoms with Gasteiger partial charge in [-0.1, -0.05) is 30.3 Å². The maximum Gasteiger partial charge on any atom is 0.224 e. The maximum atomic E-state index is 12.3. The molecule has 2 aromatic heterocycles. The van der Waals surface area contributed by atoms with Gasteiger partial charge >= 0.3 is 0 Å². The minimum atomic E-state index is 0.0107. The summed E-state index contributed by atoms with van der Waals surface area (Å²) in [5.41, 5.74) is 13.5. The van der Waals surface area contributed by atoms with Gasteiger partial charge in [-0.25, -0.2) is 9.97 Å². The number of hydrogen-bond donors (Lipinski definition) is 2. The Labute approximate surface area is 174 Å². The number of nitrogens with zero attached hydrogens (tertiary/aromatic N) is 3. The standard InChI is InChI=1S/C24H23N5O/c25-24-23-22(26-15-27-24)19-7-4-8-20(19)29(23)18-12-10-17(11-13-18)28-21(30)14-9-16-5-2-1-3-6-16/h1-3,5-6,10-13,15H,4,7-9,14H2,(H,28,30)(H2,25,26,27). The van der Waals surface area contributed by atoms with Crippen LogP contribution in [0.4, 0.5) is 11.5 Å². The normalized spacial score (nSPS) is 12.8. The predicted octanol–water partition coefficient (Wildman–Crippen LogP) is 4.06. The first-order valence-electron chi connectivity index (χ1n) is 10.3. The van der Waals surface area contributed by atoms with E-state index in [4.69, 9.17) is 5.73 Å². The number of rotatable bonds is 5. The van der Waals surface area contributed by atoms with Crippen LogP contribution in [0.5, 0.6) is 0 Å². The molecule has 4 aromatic rings. The fourth-order valence-corrected chi connectivity index (χ4v) is 4.30. The van der Waals surface area contributed by atoms with Crippen LogP contribution < -0.4 is 11.1 Å². The number of nitrogens with two attached hydrogens (primary N) is 1. The molecule has 0 saturated carbocycles. The molecule has 5 rings (SSSR count). The van der Waals surface area contributed by atoms with E-state index in [9.17, 15) is 4.79 Å². The van der Waals surface area contributed by atoms with Gasteiger partial charge in [0, 0.05) is 23.5 Å². The molecule has 3 N–H and O–H groups in total. The van der Waals surface area contributed by atoms with Gasteiger partial charge in [-0.15, -0.1) is 0 Å². The van der Waals surface area contributed by atoms with E-state index in [1.54, 1.807) is 0 Å². The third-order valence-corrected chi connectivity index (χ3v) is 5.71. The molecule has 2 heterocycles. The topological polar surface area (TPSA) is 85.8 Å². The predicted molar refractivity (Wildman–Crippen MR) is 119 cm³/mol. The number of hydrogen-bond acceptors (Lipinski definition) is 4. The number of anilines is 2. The number of benzene rings is 2. The van der Waals surface area contributed by atoms with Crippen LogP contribution >= 0.6 is 0 Å². The molecule has 30 heavy (non-hydrogen) atoms. The molecule has 1 amide bonds. The van der Waals surface area contributed by atoms with Crippen molar-refractivity contribution in [3.05, 3.63) is 77.7 Å². The summed E-state index contributed by atoms with van der Waals surface area (Å²) in [4.78, 5) is 21.0. The summed E-state index contributed by atoms with van der Waals surface area (Å²) in [6.45, 7) is 0. The molecular weight excluding hydrogens is 374 g/mol. The van der Waals surface area contributed by atoms with E-state index >= 15 is 0 Å². The number of carbonyl (C=O) groups is 1. The molecule has 0 bridgehead atoms. The second kappa shape index (κ2) is 7.63. The molecule has 1 aliphatic carbocycles. The Hall–Kier alpha value is -3.67. The Bertz CT molecular complexity index is 1210. The quantitative estimate of drug-likeness (QED) is 0.532. The number of nitrogens with one attached hydrogen (secondary N) is 1. The number of amides is 1. The van der Waals surface area contributed by atoms with Crippen LogP contribution in [0.1, 0.15) is 29.7 Å². The fourth-order valence-electron chi connectivity index (χ4n) is 4.30. The van der Waals surface area contributed by atoms with Crippen molar-refractivity contribution >= 4 is 28.4 Å². The summed E-state index contributed by atoms with van der Waals surface area (Å²) in [5, 5.41) is 2.99.